The molecule has 2 amide bonds. The van der Waals surface area contributed by atoms with E-state index < -0.39 is 44.9 Å². The zero-order chi connectivity index (χ0) is 25.8. The van der Waals surface area contributed by atoms with Crippen LogP contribution in [0.1, 0.15) is 39.0 Å². The van der Waals surface area contributed by atoms with E-state index in [9.17, 15) is 19.2 Å². The standard InChI is InChI=1S/C21H27BrCl3N3O6S/c1-12(29)26-15-17(30)28(18(15)35-20(32)33-10-13-5-6-13)16(19(31)34-11-21(23,24)25)14(9-22)27-7-3-2-4-8-27/h13,15,18H,2-11H2,1H3,(H,26,29). The first-order chi connectivity index (χ1) is 16.5. The zero-order valence-corrected chi connectivity index (χ0v) is 23.7. The average Bonchev–Trinajstić information content (AvgIpc) is 3.63. The molecule has 35 heavy (non-hydrogen) atoms. The molecule has 2 atom stereocenters. The van der Waals surface area contributed by atoms with Crippen molar-refractivity contribution in [1.82, 2.24) is 15.1 Å². The number of halogens is 4. The molecule has 14 heteroatoms. The number of allylic oxidation sites excluding steroid dienone is 1. The number of esters is 1. The summed E-state index contributed by atoms with van der Waals surface area (Å²) in [5.74, 6) is -1.51. The van der Waals surface area contributed by atoms with E-state index in [0.717, 1.165) is 43.9 Å². The lowest BCUT2D eigenvalue weighted by atomic mass is 10.0. The Morgan fingerprint density at radius 3 is 2.34 bits per heavy atom. The molecule has 0 aromatic heterocycles. The molecule has 2 heterocycles. The molecule has 1 aliphatic carbocycles. The molecule has 0 aromatic carbocycles. The van der Waals surface area contributed by atoms with Crippen molar-refractivity contribution in [2.75, 3.05) is 31.6 Å². The lowest BCUT2D eigenvalue weighted by molar-refractivity contribution is -0.152. The first-order valence-corrected chi connectivity index (χ1v) is 14.4. The van der Waals surface area contributed by atoms with Crippen molar-refractivity contribution in [3.63, 3.8) is 0 Å². The normalized spacial score (nSPS) is 23.3. The van der Waals surface area contributed by atoms with Gasteiger partial charge in [0.15, 0.2) is 5.70 Å². The van der Waals surface area contributed by atoms with Crippen molar-refractivity contribution in [3.05, 3.63) is 11.4 Å². The maximum atomic E-state index is 13.3. The molecule has 196 valence electrons. The fraction of sp³-hybridized carbons (Fsp3) is 0.714. The van der Waals surface area contributed by atoms with Gasteiger partial charge < -0.3 is 19.7 Å². The summed E-state index contributed by atoms with van der Waals surface area (Å²) in [7, 11) is 0. The van der Waals surface area contributed by atoms with Crippen molar-refractivity contribution >= 4 is 85.6 Å². The molecule has 2 unspecified atom stereocenters. The summed E-state index contributed by atoms with van der Waals surface area (Å²) in [4.78, 5) is 53.9. The Morgan fingerprint density at radius 2 is 1.80 bits per heavy atom. The van der Waals surface area contributed by atoms with E-state index in [4.69, 9.17) is 44.3 Å². The lowest BCUT2D eigenvalue weighted by Crippen LogP contribution is -2.70. The molecule has 3 fully saturated rings. The summed E-state index contributed by atoms with van der Waals surface area (Å²) < 4.78 is 8.72. The zero-order valence-electron chi connectivity index (χ0n) is 19.1. The molecule has 1 saturated carbocycles. The van der Waals surface area contributed by atoms with E-state index in [0.29, 0.717) is 31.3 Å². The number of ether oxygens (including phenoxy) is 2. The van der Waals surface area contributed by atoms with Crippen LogP contribution in [0.5, 0.6) is 0 Å². The molecule has 2 aliphatic heterocycles. The molecule has 0 spiro atoms. The number of alkyl halides is 4. The average molecular weight is 636 g/mol. The molecular weight excluding hydrogens is 609 g/mol. The third kappa shape index (κ3) is 8.05. The topological polar surface area (TPSA) is 105 Å². The SMILES string of the molecule is CC(=O)NC1C(=O)N(C(C(=O)OCC(Cl)(Cl)Cl)=C(CBr)N2CCCCC2)C1SC(=O)OCC1CC1. The highest BCUT2D eigenvalue weighted by atomic mass is 79.9. The Kier molecular flexibility index (Phi) is 10.3. The van der Waals surface area contributed by atoms with Crippen molar-refractivity contribution < 1.29 is 28.7 Å². The first kappa shape index (κ1) is 28.7. The van der Waals surface area contributed by atoms with Crippen LogP contribution < -0.4 is 5.32 Å². The van der Waals surface area contributed by atoms with E-state index in [1.807, 2.05) is 4.90 Å². The van der Waals surface area contributed by atoms with Gasteiger partial charge in [-0.05, 0) is 49.8 Å². The molecule has 3 aliphatic rings. The molecule has 0 aromatic rings. The third-order valence-electron chi connectivity index (χ3n) is 5.69. The van der Waals surface area contributed by atoms with E-state index in [-0.39, 0.29) is 11.0 Å². The van der Waals surface area contributed by atoms with Crippen LogP contribution in [0.3, 0.4) is 0 Å². The minimum atomic E-state index is -1.85. The van der Waals surface area contributed by atoms with Gasteiger partial charge in [0, 0.05) is 25.3 Å². The minimum Gasteiger partial charge on any atom is -0.457 e. The Morgan fingerprint density at radius 1 is 1.14 bits per heavy atom. The van der Waals surface area contributed by atoms with E-state index in [1.165, 1.54) is 11.8 Å². The van der Waals surface area contributed by atoms with Gasteiger partial charge in [0.2, 0.25) is 9.70 Å². The summed E-state index contributed by atoms with van der Waals surface area (Å²) in [5.41, 5.74) is 0.461. The van der Waals surface area contributed by atoms with Gasteiger partial charge in [-0.1, -0.05) is 50.7 Å². The quantitative estimate of drug-likeness (QED) is 0.176. The molecule has 0 radical (unpaired) electrons. The Hall–Kier alpha value is -0.880. The van der Waals surface area contributed by atoms with Gasteiger partial charge in [-0.2, -0.15) is 0 Å². The Balaban J connectivity index is 1.92. The van der Waals surface area contributed by atoms with Gasteiger partial charge in [0.25, 0.3) is 5.91 Å². The largest absolute Gasteiger partial charge is 0.457 e. The predicted octanol–water partition coefficient (Wildman–Crippen LogP) is 3.95. The van der Waals surface area contributed by atoms with Gasteiger partial charge in [-0.3, -0.25) is 14.5 Å². The fourth-order valence-corrected chi connectivity index (χ4v) is 5.56. The lowest BCUT2D eigenvalue weighted by Gasteiger charge is -2.47. The number of hydrogen-bond donors (Lipinski definition) is 1. The number of rotatable bonds is 9. The number of thioether (sulfide) groups is 1. The van der Waals surface area contributed by atoms with Crippen LogP contribution in [0.4, 0.5) is 4.79 Å². The number of carbonyl (C=O) groups excluding carboxylic acids is 4. The summed E-state index contributed by atoms with van der Waals surface area (Å²) >= 11 is 21.5. The molecule has 3 rings (SSSR count). The second-order valence-electron chi connectivity index (χ2n) is 8.57. The second-order valence-corrected chi connectivity index (χ2v) is 12.7. The summed E-state index contributed by atoms with van der Waals surface area (Å²) in [6.07, 6.45) is 4.90. The van der Waals surface area contributed by atoms with Crippen LogP contribution >= 0.6 is 62.5 Å². The maximum absolute atomic E-state index is 13.3. The van der Waals surface area contributed by atoms with Crippen LogP contribution in [0, 0.1) is 5.92 Å². The summed E-state index contributed by atoms with van der Waals surface area (Å²) in [6.45, 7) is 2.40. The minimum absolute atomic E-state index is 0.0582. The second kappa shape index (κ2) is 12.6. The van der Waals surface area contributed by atoms with Gasteiger partial charge in [0.1, 0.15) is 18.0 Å². The predicted molar refractivity (Wildman–Crippen MR) is 137 cm³/mol. The number of piperidine rings is 1. The third-order valence-corrected chi connectivity index (χ3v) is 7.58. The first-order valence-electron chi connectivity index (χ1n) is 11.2. The smallest absolute Gasteiger partial charge is 0.369 e. The van der Waals surface area contributed by atoms with Crippen LogP contribution in [0.2, 0.25) is 0 Å². The molecular formula is C21H27BrCl3N3O6S. The molecule has 2 saturated heterocycles. The molecule has 0 bridgehead atoms. The Bertz CT molecular complexity index is 877. The fourth-order valence-electron chi connectivity index (χ4n) is 3.81. The van der Waals surface area contributed by atoms with Crippen molar-refractivity contribution in [2.45, 2.75) is 54.2 Å². The number of hydrogen-bond acceptors (Lipinski definition) is 8. The van der Waals surface area contributed by atoms with Crippen LogP contribution in [0.15, 0.2) is 11.4 Å². The highest BCUT2D eigenvalue weighted by Gasteiger charge is 2.54. The van der Waals surface area contributed by atoms with Crippen LogP contribution in [-0.2, 0) is 23.9 Å². The van der Waals surface area contributed by atoms with Gasteiger partial charge in [0.05, 0.1) is 12.3 Å². The van der Waals surface area contributed by atoms with Crippen LogP contribution in [-0.4, -0.2) is 79.7 Å². The van der Waals surface area contributed by atoms with E-state index in [1.54, 1.807) is 0 Å². The summed E-state index contributed by atoms with van der Waals surface area (Å²) in [5, 5.41) is 1.29. The van der Waals surface area contributed by atoms with Crippen molar-refractivity contribution in [3.8, 4) is 0 Å². The van der Waals surface area contributed by atoms with E-state index >= 15 is 0 Å². The van der Waals surface area contributed by atoms with Crippen molar-refractivity contribution in [1.29, 1.82) is 0 Å². The van der Waals surface area contributed by atoms with Gasteiger partial charge in [-0.25, -0.2) is 9.59 Å². The number of likely N-dealkylation sites (tertiary alicyclic amines) is 2. The monoisotopic (exact) mass is 633 g/mol. The number of carbonyl (C=O) groups is 4. The number of nitrogens with zero attached hydrogens (tertiary/aromatic N) is 2. The number of nitrogens with one attached hydrogen (secondary N) is 1. The van der Waals surface area contributed by atoms with Crippen molar-refractivity contribution in [2.24, 2.45) is 5.92 Å². The molecule has 1 N–H and O–H groups in total. The maximum Gasteiger partial charge on any atom is 0.369 e. The number of amides is 2. The van der Waals surface area contributed by atoms with Gasteiger partial charge >= 0.3 is 11.3 Å². The molecule has 9 nitrogen and oxygen atoms in total. The highest BCUT2D eigenvalue weighted by molar-refractivity contribution is 9.09. The highest BCUT2D eigenvalue weighted by Crippen LogP contribution is 2.38. The Labute approximate surface area is 231 Å². The van der Waals surface area contributed by atoms with Gasteiger partial charge in [-0.15, -0.1) is 0 Å². The summed E-state index contributed by atoms with van der Waals surface area (Å²) in [6, 6.07) is -1.01. The van der Waals surface area contributed by atoms with Crippen LogP contribution in [0.25, 0.3) is 0 Å². The van der Waals surface area contributed by atoms with E-state index in [2.05, 4.69) is 21.2 Å². The number of β-lactam (4-membered cyclic amide) rings is 1.